The molecule has 0 saturated heterocycles. The second-order valence-corrected chi connectivity index (χ2v) is 8.23. The highest BCUT2D eigenvalue weighted by Crippen LogP contribution is 2.33. The van der Waals surface area contributed by atoms with E-state index in [2.05, 4.69) is 0 Å². The quantitative estimate of drug-likeness (QED) is 0.561. The third kappa shape index (κ3) is 5.61. The number of rotatable bonds is 8. The number of carbonyl (C=O) groups excluding carboxylic acids is 1. The minimum absolute atomic E-state index is 0.252. The van der Waals surface area contributed by atoms with Crippen LogP contribution in [0.3, 0.4) is 0 Å². The summed E-state index contributed by atoms with van der Waals surface area (Å²) in [4.78, 5) is 24.2. The molecule has 5 nitrogen and oxygen atoms in total. The van der Waals surface area contributed by atoms with E-state index in [0.29, 0.717) is 19.3 Å². The van der Waals surface area contributed by atoms with Crippen molar-refractivity contribution in [1.82, 2.24) is 0 Å². The first-order valence-electron chi connectivity index (χ1n) is 9.83. The van der Waals surface area contributed by atoms with Gasteiger partial charge in [-0.2, -0.15) is 0 Å². The third-order valence-corrected chi connectivity index (χ3v) is 5.69. The van der Waals surface area contributed by atoms with Crippen molar-refractivity contribution in [2.24, 2.45) is 11.8 Å². The van der Waals surface area contributed by atoms with Gasteiger partial charge in [-0.1, -0.05) is 50.1 Å². The summed E-state index contributed by atoms with van der Waals surface area (Å²) in [5, 5.41) is 9.42. The summed E-state index contributed by atoms with van der Waals surface area (Å²) in [6, 6.07) is 9.91. The van der Waals surface area contributed by atoms with E-state index in [1.807, 2.05) is 58.9 Å². The molecule has 0 bridgehead atoms. The van der Waals surface area contributed by atoms with Crippen LogP contribution in [0.4, 0.5) is 0 Å². The molecule has 4 unspecified atom stereocenters. The summed E-state index contributed by atoms with van der Waals surface area (Å²) in [6.45, 7) is 5.79. The SMILES string of the molecule is BC(C)(OBC(C)(CC)OC(=O)C1CCCCC1C(=O)O)c1ccccc1. The molecule has 4 atom stereocenters. The summed E-state index contributed by atoms with van der Waals surface area (Å²) in [6.07, 6.45) is 3.42. The van der Waals surface area contributed by atoms with Crippen LogP contribution in [0.15, 0.2) is 30.3 Å². The van der Waals surface area contributed by atoms with Crippen molar-refractivity contribution in [3.63, 3.8) is 0 Å². The van der Waals surface area contributed by atoms with Crippen molar-refractivity contribution in [3.05, 3.63) is 35.9 Å². The van der Waals surface area contributed by atoms with Gasteiger partial charge in [-0.3, -0.25) is 9.59 Å². The number of aliphatic carboxylic acids is 1. The van der Waals surface area contributed by atoms with Crippen LogP contribution in [0, 0.1) is 11.8 Å². The second kappa shape index (κ2) is 8.96. The Balaban J connectivity index is 2.03. The van der Waals surface area contributed by atoms with Gasteiger partial charge >= 0.3 is 19.4 Å². The number of carboxylic acid groups (broad SMARTS) is 1. The van der Waals surface area contributed by atoms with Gasteiger partial charge in [0.15, 0.2) is 0 Å². The number of carbonyl (C=O) groups is 2. The summed E-state index contributed by atoms with van der Waals surface area (Å²) in [5.74, 6) is -2.53. The lowest BCUT2D eigenvalue weighted by Gasteiger charge is -2.35. The first-order valence-corrected chi connectivity index (χ1v) is 9.83. The van der Waals surface area contributed by atoms with Crippen LogP contribution >= 0.6 is 0 Å². The molecule has 1 saturated carbocycles. The van der Waals surface area contributed by atoms with Crippen LogP contribution in [0.1, 0.15) is 58.4 Å². The smallest absolute Gasteiger partial charge is 0.322 e. The summed E-state index contributed by atoms with van der Waals surface area (Å²) in [7, 11) is 2.24. The Morgan fingerprint density at radius 1 is 1.19 bits per heavy atom. The van der Waals surface area contributed by atoms with Crippen LogP contribution in [0.2, 0.25) is 0 Å². The number of benzene rings is 1. The zero-order valence-electron chi connectivity index (χ0n) is 16.9. The summed E-state index contributed by atoms with van der Waals surface area (Å²) < 4.78 is 12.0. The Morgan fingerprint density at radius 2 is 1.78 bits per heavy atom. The van der Waals surface area contributed by atoms with Gasteiger partial charge in [-0.15, -0.1) is 0 Å². The van der Waals surface area contributed by atoms with Gasteiger partial charge in [0.25, 0.3) is 0 Å². The van der Waals surface area contributed by atoms with Crippen molar-refractivity contribution in [2.45, 2.75) is 63.9 Å². The zero-order chi connectivity index (χ0) is 20.1. The average Bonchev–Trinajstić information content (AvgIpc) is 2.67. The fourth-order valence-corrected chi connectivity index (χ4v) is 3.49. The molecule has 0 heterocycles. The predicted molar refractivity (Wildman–Crippen MR) is 108 cm³/mol. The standard InChI is InChI=1S/C20H30B2O5/c1-4-19(2,22-27-20(3,21)14-10-6-5-7-11-14)26-18(25)16-13-9-8-12-15(16)17(23)24/h5-7,10-11,15-16,22H,4,8-9,12-13,21H2,1-3H3,(H,23,24). The molecule has 1 N–H and O–H groups in total. The number of carboxylic acids is 1. The van der Waals surface area contributed by atoms with Gasteiger partial charge in [-0.05, 0) is 38.7 Å². The molecule has 1 aliphatic rings. The molecule has 1 aliphatic carbocycles. The van der Waals surface area contributed by atoms with E-state index in [0.717, 1.165) is 18.4 Å². The highest BCUT2D eigenvalue weighted by atomic mass is 16.6. The molecule has 0 aliphatic heterocycles. The van der Waals surface area contributed by atoms with E-state index in [9.17, 15) is 14.7 Å². The number of esters is 1. The van der Waals surface area contributed by atoms with E-state index in [1.165, 1.54) is 0 Å². The molecule has 7 heteroatoms. The minimum Gasteiger partial charge on any atom is -0.481 e. The Bertz CT molecular complexity index is 649. The van der Waals surface area contributed by atoms with Gasteiger partial charge in [0.1, 0.15) is 13.3 Å². The molecule has 0 aromatic heterocycles. The van der Waals surface area contributed by atoms with Gasteiger partial charge in [0.2, 0.25) is 0 Å². The molecule has 1 fully saturated rings. The minimum atomic E-state index is -0.906. The van der Waals surface area contributed by atoms with Crippen molar-refractivity contribution in [1.29, 1.82) is 0 Å². The Morgan fingerprint density at radius 3 is 2.33 bits per heavy atom. The average molecular weight is 372 g/mol. The molecule has 0 amide bonds. The van der Waals surface area contributed by atoms with E-state index in [1.54, 1.807) is 0 Å². The predicted octanol–water partition coefficient (Wildman–Crippen LogP) is 2.42. The molecule has 0 radical (unpaired) electrons. The third-order valence-electron chi connectivity index (χ3n) is 5.69. The van der Waals surface area contributed by atoms with Crippen LogP contribution in [-0.2, 0) is 24.5 Å². The van der Waals surface area contributed by atoms with E-state index in [-0.39, 0.29) is 7.48 Å². The fourth-order valence-electron chi connectivity index (χ4n) is 3.49. The van der Waals surface area contributed by atoms with Crippen molar-refractivity contribution >= 4 is 27.3 Å². The molecular formula is C20H30B2O5. The van der Waals surface area contributed by atoms with E-state index in [4.69, 9.17) is 9.39 Å². The van der Waals surface area contributed by atoms with Crippen LogP contribution < -0.4 is 0 Å². The molecular weight excluding hydrogens is 342 g/mol. The highest BCUT2D eigenvalue weighted by molar-refractivity contribution is 6.33. The van der Waals surface area contributed by atoms with Gasteiger partial charge in [0.05, 0.1) is 11.8 Å². The second-order valence-electron chi connectivity index (χ2n) is 8.23. The lowest BCUT2D eigenvalue weighted by atomic mass is 9.69. The van der Waals surface area contributed by atoms with Crippen molar-refractivity contribution in [3.8, 4) is 0 Å². The fraction of sp³-hybridized carbons (Fsp3) is 0.600. The first-order chi connectivity index (χ1) is 12.7. The summed E-state index contributed by atoms with van der Waals surface area (Å²) >= 11 is 0. The maximum Gasteiger partial charge on any atom is 0.322 e. The van der Waals surface area contributed by atoms with Gasteiger partial charge in [0, 0.05) is 5.50 Å². The molecule has 146 valence electrons. The monoisotopic (exact) mass is 372 g/mol. The highest BCUT2D eigenvalue weighted by Gasteiger charge is 2.41. The number of ether oxygens (including phenoxy) is 1. The largest absolute Gasteiger partial charge is 0.481 e. The lowest BCUT2D eigenvalue weighted by molar-refractivity contribution is -0.166. The Kier molecular flexibility index (Phi) is 7.15. The Labute approximate surface area is 163 Å². The molecule has 1 aromatic carbocycles. The topological polar surface area (TPSA) is 72.8 Å². The zero-order valence-corrected chi connectivity index (χ0v) is 16.9. The van der Waals surface area contributed by atoms with Crippen LogP contribution in [0.25, 0.3) is 0 Å². The van der Waals surface area contributed by atoms with E-state index < -0.39 is 34.8 Å². The molecule has 1 aromatic rings. The summed E-state index contributed by atoms with van der Waals surface area (Å²) in [5.41, 5.74) is -0.254. The lowest BCUT2D eigenvalue weighted by Crippen LogP contribution is -2.45. The van der Waals surface area contributed by atoms with Crippen molar-refractivity contribution < 1.29 is 24.1 Å². The van der Waals surface area contributed by atoms with Crippen molar-refractivity contribution in [2.75, 3.05) is 0 Å². The molecule has 2 rings (SSSR count). The van der Waals surface area contributed by atoms with Crippen LogP contribution in [-0.4, -0.2) is 37.9 Å². The van der Waals surface area contributed by atoms with Gasteiger partial charge < -0.3 is 14.5 Å². The maximum absolute atomic E-state index is 12.7. The van der Waals surface area contributed by atoms with E-state index >= 15 is 0 Å². The molecule has 27 heavy (non-hydrogen) atoms. The van der Waals surface area contributed by atoms with Gasteiger partial charge in [-0.25, -0.2) is 0 Å². The molecule has 0 spiro atoms. The Hall–Kier alpha value is -1.75. The first kappa shape index (κ1) is 21.5. The number of hydrogen-bond donors (Lipinski definition) is 1. The maximum atomic E-state index is 12.7. The normalized spacial score (nSPS) is 24.3. The van der Waals surface area contributed by atoms with Crippen LogP contribution in [0.5, 0.6) is 0 Å². The number of hydrogen-bond acceptors (Lipinski definition) is 4.